The Kier molecular flexibility index (Phi) is 5.05. The van der Waals surface area contributed by atoms with Crippen molar-refractivity contribution < 1.29 is 0 Å². The molecule has 0 radical (unpaired) electrons. The first-order chi connectivity index (χ1) is 3.85. The predicted octanol–water partition coefficient (Wildman–Crippen LogP) is -2.03. The topological polar surface area (TPSA) is 41.3 Å². The van der Waals surface area contributed by atoms with Gasteiger partial charge in [0.05, 0.1) is 0 Å². The molecule has 48 valence electrons. The Bertz CT molecular complexity index is 46.5. The molecule has 8 heavy (non-hydrogen) atoms. The van der Waals surface area contributed by atoms with E-state index in [1.807, 2.05) is 7.05 Å². The van der Waals surface area contributed by atoms with E-state index in [-0.39, 0.29) is 0 Å². The van der Waals surface area contributed by atoms with Crippen LogP contribution in [0, 0.1) is 0 Å². The van der Waals surface area contributed by atoms with Crippen molar-refractivity contribution in [1.82, 2.24) is 10.4 Å². The Morgan fingerprint density at radius 1 is 1.75 bits per heavy atom. The second-order valence-corrected chi connectivity index (χ2v) is 1.59. The number of nitrogens with one attached hydrogen (secondary N) is 1. The highest BCUT2D eigenvalue weighted by Crippen LogP contribution is 1.71. The van der Waals surface area contributed by atoms with E-state index in [9.17, 15) is 0 Å². The molecule has 0 rings (SSSR count). The summed E-state index contributed by atoms with van der Waals surface area (Å²) in [6, 6.07) is 0. The van der Waals surface area contributed by atoms with E-state index in [4.69, 9.17) is 5.73 Å². The van der Waals surface area contributed by atoms with Crippen molar-refractivity contribution in [1.29, 1.82) is 0 Å². The molecule has 0 spiro atoms. The minimum atomic E-state index is 0.717. The Labute approximate surface area is 51.6 Å². The van der Waals surface area contributed by atoms with Crippen LogP contribution in [0.15, 0.2) is 0 Å². The highest BCUT2D eigenvalue weighted by molar-refractivity contribution is 6.08. The summed E-state index contributed by atoms with van der Waals surface area (Å²) >= 11 is 0. The lowest BCUT2D eigenvalue weighted by Crippen LogP contribution is -2.39. The Hall–Kier alpha value is -0.0551. The van der Waals surface area contributed by atoms with Crippen molar-refractivity contribution in [2.24, 2.45) is 5.73 Å². The molecule has 0 aromatic rings. The lowest BCUT2D eigenvalue weighted by molar-refractivity contribution is 0.252. The number of nitrogens with zero attached hydrogens (tertiary/aromatic N) is 1. The quantitative estimate of drug-likeness (QED) is 0.328. The Balaban J connectivity index is 3.07. The van der Waals surface area contributed by atoms with Crippen molar-refractivity contribution in [3.8, 4) is 0 Å². The first kappa shape index (κ1) is 7.94. The molecule has 0 aliphatic rings. The summed E-state index contributed by atoms with van der Waals surface area (Å²) in [6.45, 7) is 1.64. The molecule has 0 aliphatic carbocycles. The van der Waals surface area contributed by atoms with Gasteiger partial charge in [-0.2, -0.15) is 0 Å². The van der Waals surface area contributed by atoms with Crippen molar-refractivity contribution in [2.45, 2.75) is 0 Å². The molecule has 0 amide bonds. The second kappa shape index (κ2) is 5.09. The zero-order chi connectivity index (χ0) is 6.41. The molecule has 0 heterocycles. The summed E-state index contributed by atoms with van der Waals surface area (Å²) in [4.78, 5) is 0. The molecule has 3 nitrogen and oxygen atoms in total. The zero-order valence-electron chi connectivity index (χ0n) is 5.65. The lowest BCUT2D eigenvalue weighted by Gasteiger charge is -2.16. The summed E-state index contributed by atoms with van der Waals surface area (Å²) in [5.41, 5.74) is 8.30. The zero-order valence-corrected chi connectivity index (χ0v) is 5.65. The fourth-order valence-corrected chi connectivity index (χ4v) is 0.584. The van der Waals surface area contributed by atoms with Gasteiger partial charge in [-0.3, -0.25) is 10.4 Å². The van der Waals surface area contributed by atoms with E-state index in [1.165, 1.54) is 0 Å². The minimum absolute atomic E-state index is 0.717. The molecular weight excluding hydrogens is 101 g/mol. The van der Waals surface area contributed by atoms with E-state index in [1.54, 1.807) is 0 Å². The van der Waals surface area contributed by atoms with Gasteiger partial charge in [0.1, 0.15) is 7.85 Å². The molecule has 0 aromatic carbocycles. The summed E-state index contributed by atoms with van der Waals surface area (Å²) < 4.78 is 0. The summed E-state index contributed by atoms with van der Waals surface area (Å²) in [5.74, 6) is 0. The van der Waals surface area contributed by atoms with Crippen molar-refractivity contribution in [3.05, 3.63) is 0 Å². The summed E-state index contributed by atoms with van der Waals surface area (Å²) in [5, 5.41) is 2.06. The van der Waals surface area contributed by atoms with E-state index in [0.717, 1.165) is 13.0 Å². The molecule has 0 bridgehead atoms. The van der Waals surface area contributed by atoms with Crippen LogP contribution < -0.4 is 11.2 Å². The lowest BCUT2D eigenvalue weighted by atomic mass is 10.1. The largest absolute Gasteiger partial charge is 0.329 e. The highest BCUT2D eigenvalue weighted by Gasteiger charge is 1.92. The molecule has 4 heteroatoms. The third-order valence-electron chi connectivity index (χ3n) is 1.10. The van der Waals surface area contributed by atoms with Crippen LogP contribution in [0.3, 0.4) is 0 Å². The molecule has 0 aromatic heterocycles. The molecular formula is C4H14BN3. The highest BCUT2D eigenvalue weighted by atomic mass is 15.5. The van der Waals surface area contributed by atoms with Crippen LogP contribution >= 0.6 is 0 Å². The Morgan fingerprint density at radius 2 is 2.38 bits per heavy atom. The van der Waals surface area contributed by atoms with Gasteiger partial charge in [0.15, 0.2) is 0 Å². The molecule has 0 saturated heterocycles. The van der Waals surface area contributed by atoms with Crippen LogP contribution in [0.1, 0.15) is 0 Å². The van der Waals surface area contributed by atoms with Gasteiger partial charge in [-0.1, -0.05) is 0 Å². The van der Waals surface area contributed by atoms with Crippen molar-refractivity contribution >= 4 is 7.85 Å². The summed E-state index contributed by atoms with van der Waals surface area (Å²) in [7, 11) is 3.99. The van der Waals surface area contributed by atoms with Gasteiger partial charge in [-0.15, -0.1) is 0 Å². The Morgan fingerprint density at radius 3 is 2.50 bits per heavy atom. The van der Waals surface area contributed by atoms with Crippen LogP contribution in [0.2, 0.25) is 0 Å². The fourth-order valence-electron chi connectivity index (χ4n) is 0.584. The molecule has 0 fully saturated rings. The van der Waals surface area contributed by atoms with Crippen molar-refractivity contribution in [3.63, 3.8) is 0 Å². The number of rotatable bonds is 4. The minimum Gasteiger partial charge on any atom is -0.329 e. The maximum absolute atomic E-state index is 5.30. The summed E-state index contributed by atoms with van der Waals surface area (Å²) in [6.07, 6.45) is 1.01. The molecule has 0 saturated carbocycles. The van der Waals surface area contributed by atoms with Crippen LogP contribution in [0.4, 0.5) is 0 Å². The van der Waals surface area contributed by atoms with Crippen LogP contribution in [0.25, 0.3) is 0 Å². The number of nitrogens with two attached hydrogens (primary N) is 1. The molecule has 3 N–H and O–H groups in total. The third-order valence-corrected chi connectivity index (χ3v) is 1.10. The first-order valence-electron chi connectivity index (χ1n) is 2.97. The van der Waals surface area contributed by atoms with Gasteiger partial charge in [-0.05, 0) is 13.5 Å². The van der Waals surface area contributed by atoms with Gasteiger partial charge < -0.3 is 5.73 Å². The number of hydrogen-bond donors (Lipinski definition) is 2. The van der Waals surface area contributed by atoms with E-state index >= 15 is 0 Å². The normalized spacial score (nSPS) is 10.4. The number of hydrogen-bond acceptors (Lipinski definition) is 3. The van der Waals surface area contributed by atoms with Crippen LogP contribution in [0.5, 0.6) is 0 Å². The molecule has 0 atom stereocenters. The van der Waals surface area contributed by atoms with Gasteiger partial charge in [0, 0.05) is 13.1 Å². The SMILES string of the molecule is BCN(CCN)NC. The van der Waals surface area contributed by atoms with Gasteiger partial charge >= 0.3 is 0 Å². The maximum Gasteiger partial charge on any atom is 0.121 e. The second-order valence-electron chi connectivity index (χ2n) is 1.59. The van der Waals surface area contributed by atoms with E-state index < -0.39 is 0 Å². The van der Waals surface area contributed by atoms with Gasteiger partial charge in [0.25, 0.3) is 0 Å². The van der Waals surface area contributed by atoms with Crippen molar-refractivity contribution in [2.75, 3.05) is 26.6 Å². The number of hydrazine groups is 1. The molecule has 0 unspecified atom stereocenters. The van der Waals surface area contributed by atoms with Gasteiger partial charge in [-0.25, -0.2) is 0 Å². The van der Waals surface area contributed by atoms with Gasteiger partial charge in [0.2, 0.25) is 0 Å². The predicted molar refractivity (Wildman–Crippen MR) is 38.2 cm³/mol. The molecule has 0 aliphatic heterocycles. The maximum atomic E-state index is 5.30. The first-order valence-corrected chi connectivity index (χ1v) is 2.97. The van der Waals surface area contributed by atoms with E-state index in [2.05, 4.69) is 18.3 Å². The average molecular weight is 115 g/mol. The van der Waals surface area contributed by atoms with Crippen LogP contribution in [-0.2, 0) is 0 Å². The van der Waals surface area contributed by atoms with E-state index in [0.29, 0.717) is 6.54 Å². The smallest absolute Gasteiger partial charge is 0.121 e. The average Bonchev–Trinajstić information content (AvgIpc) is 1.83. The monoisotopic (exact) mass is 115 g/mol. The third kappa shape index (κ3) is 3.01. The van der Waals surface area contributed by atoms with Crippen LogP contribution in [-0.4, -0.2) is 39.4 Å². The fraction of sp³-hybridized carbons (Fsp3) is 1.00. The standard InChI is InChI=1S/C4H14BN3/c1-7-8(4-5)3-2-6/h7H,2-6H2,1H3.